The summed E-state index contributed by atoms with van der Waals surface area (Å²) in [5.74, 6) is -0.804. The largest absolute Gasteiger partial charge is 0.490 e. The SMILES string of the molecule is COc1ccc(C(=O)Nc2ccc(C(=O)OC3CCCCC3)cc2)cc1[N+](=O)[O-]. The third kappa shape index (κ3) is 5.10. The molecule has 3 rings (SSSR count). The van der Waals surface area contributed by atoms with E-state index in [2.05, 4.69) is 5.32 Å². The van der Waals surface area contributed by atoms with Crippen LogP contribution in [0.15, 0.2) is 42.5 Å². The predicted octanol–water partition coefficient (Wildman–Crippen LogP) is 4.35. The van der Waals surface area contributed by atoms with E-state index < -0.39 is 10.8 Å². The van der Waals surface area contributed by atoms with Crippen molar-refractivity contribution in [1.29, 1.82) is 0 Å². The molecule has 0 atom stereocenters. The van der Waals surface area contributed by atoms with Gasteiger partial charge in [0.2, 0.25) is 0 Å². The van der Waals surface area contributed by atoms with Crippen molar-refractivity contribution in [1.82, 2.24) is 0 Å². The number of esters is 1. The first kappa shape index (κ1) is 20.3. The third-order valence-electron chi connectivity index (χ3n) is 4.84. The van der Waals surface area contributed by atoms with Gasteiger partial charge in [0.05, 0.1) is 17.6 Å². The lowest BCUT2D eigenvalue weighted by Gasteiger charge is -2.21. The zero-order valence-corrected chi connectivity index (χ0v) is 16.1. The highest BCUT2D eigenvalue weighted by molar-refractivity contribution is 6.05. The maximum Gasteiger partial charge on any atom is 0.338 e. The maximum atomic E-state index is 12.4. The Hall–Kier alpha value is -3.42. The molecule has 2 aromatic carbocycles. The molecular weight excluding hydrogens is 376 g/mol. The number of anilines is 1. The molecule has 8 nitrogen and oxygen atoms in total. The number of amides is 1. The van der Waals surface area contributed by atoms with Gasteiger partial charge in [0.25, 0.3) is 5.91 Å². The van der Waals surface area contributed by atoms with Crippen molar-refractivity contribution in [2.75, 3.05) is 12.4 Å². The van der Waals surface area contributed by atoms with Crippen LogP contribution in [0.5, 0.6) is 5.75 Å². The summed E-state index contributed by atoms with van der Waals surface area (Å²) in [5.41, 5.74) is 0.704. The minimum absolute atomic E-state index is 0.0264. The Morgan fingerprint density at radius 3 is 2.31 bits per heavy atom. The lowest BCUT2D eigenvalue weighted by Crippen LogP contribution is -2.21. The number of carbonyl (C=O) groups is 2. The number of nitro benzene ring substituents is 1. The monoisotopic (exact) mass is 398 g/mol. The van der Waals surface area contributed by atoms with Gasteiger partial charge in [-0.1, -0.05) is 6.42 Å². The molecule has 1 aliphatic carbocycles. The van der Waals surface area contributed by atoms with Crippen LogP contribution >= 0.6 is 0 Å². The number of carbonyl (C=O) groups excluding carboxylic acids is 2. The number of methoxy groups -OCH3 is 1. The van der Waals surface area contributed by atoms with Crippen molar-refractivity contribution in [3.63, 3.8) is 0 Å². The number of hydrogen-bond donors (Lipinski definition) is 1. The number of nitro groups is 1. The van der Waals surface area contributed by atoms with E-state index in [9.17, 15) is 19.7 Å². The van der Waals surface area contributed by atoms with E-state index in [0.717, 1.165) is 31.7 Å². The van der Waals surface area contributed by atoms with Crippen molar-refractivity contribution in [3.05, 3.63) is 63.7 Å². The molecule has 0 spiro atoms. The quantitative estimate of drug-likeness (QED) is 0.440. The third-order valence-corrected chi connectivity index (χ3v) is 4.84. The van der Waals surface area contributed by atoms with Gasteiger partial charge in [-0.2, -0.15) is 0 Å². The van der Waals surface area contributed by atoms with Crippen molar-refractivity contribution in [2.24, 2.45) is 0 Å². The highest BCUT2D eigenvalue weighted by Gasteiger charge is 2.20. The lowest BCUT2D eigenvalue weighted by molar-refractivity contribution is -0.385. The molecule has 0 saturated heterocycles. The van der Waals surface area contributed by atoms with Crippen LogP contribution in [0.25, 0.3) is 0 Å². The molecule has 152 valence electrons. The van der Waals surface area contributed by atoms with Crippen LogP contribution in [-0.2, 0) is 4.74 Å². The number of nitrogens with zero attached hydrogens (tertiary/aromatic N) is 1. The maximum absolute atomic E-state index is 12.4. The molecule has 0 aromatic heterocycles. The van der Waals surface area contributed by atoms with Crippen LogP contribution in [0.2, 0.25) is 0 Å². The highest BCUT2D eigenvalue weighted by atomic mass is 16.6. The summed E-state index contributed by atoms with van der Waals surface area (Å²) < 4.78 is 10.5. The molecular formula is C21H22N2O6. The second-order valence-electron chi connectivity index (χ2n) is 6.84. The molecule has 0 radical (unpaired) electrons. The van der Waals surface area contributed by atoms with E-state index in [0.29, 0.717) is 11.3 Å². The van der Waals surface area contributed by atoms with Crippen LogP contribution < -0.4 is 10.1 Å². The molecule has 8 heteroatoms. The molecule has 1 fully saturated rings. The summed E-state index contributed by atoms with van der Waals surface area (Å²) in [6.07, 6.45) is 5.10. The summed E-state index contributed by atoms with van der Waals surface area (Å²) in [6.45, 7) is 0. The minimum atomic E-state index is -0.609. The molecule has 1 aliphatic rings. The number of hydrogen-bond acceptors (Lipinski definition) is 6. The predicted molar refractivity (Wildman–Crippen MR) is 106 cm³/mol. The van der Waals surface area contributed by atoms with Crippen LogP contribution in [0.4, 0.5) is 11.4 Å². The molecule has 29 heavy (non-hydrogen) atoms. The first-order valence-corrected chi connectivity index (χ1v) is 9.43. The summed E-state index contributed by atoms with van der Waals surface area (Å²) in [6, 6.07) is 10.3. The zero-order chi connectivity index (χ0) is 20.8. The van der Waals surface area contributed by atoms with Crippen LogP contribution in [0, 0.1) is 10.1 Å². The van der Waals surface area contributed by atoms with Gasteiger partial charge >= 0.3 is 11.7 Å². The Balaban J connectivity index is 1.64. The molecule has 2 aromatic rings. The summed E-state index contributed by atoms with van der Waals surface area (Å²) in [4.78, 5) is 35.1. The molecule has 1 N–H and O–H groups in total. The van der Waals surface area contributed by atoms with Crippen LogP contribution in [0.1, 0.15) is 52.8 Å². The Bertz CT molecular complexity index is 904. The van der Waals surface area contributed by atoms with Gasteiger partial charge in [0.15, 0.2) is 5.75 Å². The number of nitrogens with one attached hydrogen (secondary N) is 1. The fraction of sp³-hybridized carbons (Fsp3) is 0.333. The topological polar surface area (TPSA) is 108 Å². The minimum Gasteiger partial charge on any atom is -0.490 e. The van der Waals surface area contributed by atoms with Crippen molar-refractivity contribution in [2.45, 2.75) is 38.2 Å². The van der Waals surface area contributed by atoms with Crippen LogP contribution in [0.3, 0.4) is 0 Å². The van der Waals surface area contributed by atoms with E-state index in [1.807, 2.05) is 0 Å². The van der Waals surface area contributed by atoms with Gasteiger partial charge in [-0.05, 0) is 62.1 Å². The Morgan fingerprint density at radius 2 is 1.69 bits per heavy atom. The number of benzene rings is 2. The molecule has 1 saturated carbocycles. The first-order valence-electron chi connectivity index (χ1n) is 9.43. The fourth-order valence-corrected chi connectivity index (χ4v) is 3.27. The lowest BCUT2D eigenvalue weighted by atomic mass is 9.98. The molecule has 1 amide bonds. The van der Waals surface area contributed by atoms with Gasteiger partial charge in [-0.15, -0.1) is 0 Å². The molecule has 0 bridgehead atoms. The van der Waals surface area contributed by atoms with Gasteiger partial charge in [-0.25, -0.2) is 4.79 Å². The van der Waals surface area contributed by atoms with Crippen molar-refractivity contribution in [3.8, 4) is 5.75 Å². The summed E-state index contributed by atoms with van der Waals surface area (Å²) in [7, 11) is 1.32. The molecule has 0 unspecified atom stereocenters. The van der Waals surface area contributed by atoms with Crippen molar-refractivity contribution < 1.29 is 24.0 Å². The van der Waals surface area contributed by atoms with Gasteiger partial charge in [0.1, 0.15) is 6.10 Å². The van der Waals surface area contributed by atoms with Gasteiger partial charge in [0, 0.05) is 17.3 Å². The van der Waals surface area contributed by atoms with Crippen LogP contribution in [-0.4, -0.2) is 30.0 Å². The van der Waals surface area contributed by atoms with Crippen molar-refractivity contribution >= 4 is 23.3 Å². The standard InChI is InChI=1S/C21H22N2O6/c1-28-19-12-9-15(13-18(19)23(26)27)20(24)22-16-10-7-14(8-11-16)21(25)29-17-5-3-2-4-6-17/h7-13,17H,2-6H2,1H3,(H,22,24). The first-order chi connectivity index (χ1) is 14.0. The van der Waals surface area contributed by atoms with E-state index in [1.165, 1.54) is 25.7 Å². The molecule has 0 aliphatic heterocycles. The normalized spacial score (nSPS) is 14.1. The smallest absolute Gasteiger partial charge is 0.338 e. The number of rotatable bonds is 6. The number of ether oxygens (including phenoxy) is 2. The second kappa shape index (κ2) is 9.18. The second-order valence-corrected chi connectivity index (χ2v) is 6.84. The Morgan fingerprint density at radius 1 is 1.03 bits per heavy atom. The van der Waals surface area contributed by atoms with Gasteiger partial charge < -0.3 is 14.8 Å². The highest BCUT2D eigenvalue weighted by Crippen LogP contribution is 2.28. The fourth-order valence-electron chi connectivity index (χ4n) is 3.27. The average Bonchev–Trinajstić information content (AvgIpc) is 2.74. The van der Waals surface area contributed by atoms with Gasteiger partial charge in [-0.3, -0.25) is 14.9 Å². The Kier molecular flexibility index (Phi) is 6.43. The molecule has 0 heterocycles. The van der Waals surface area contributed by atoms with E-state index in [4.69, 9.17) is 9.47 Å². The zero-order valence-electron chi connectivity index (χ0n) is 16.1. The Labute approximate surface area is 168 Å². The van der Waals surface area contributed by atoms with E-state index >= 15 is 0 Å². The summed E-state index contributed by atoms with van der Waals surface area (Å²) in [5, 5.41) is 13.8. The van der Waals surface area contributed by atoms with E-state index in [-0.39, 0.29) is 29.1 Å². The average molecular weight is 398 g/mol. The summed E-state index contributed by atoms with van der Waals surface area (Å²) >= 11 is 0. The van der Waals surface area contributed by atoms with E-state index in [1.54, 1.807) is 24.3 Å².